The highest BCUT2D eigenvalue weighted by Gasteiger charge is 2.74. The van der Waals surface area contributed by atoms with Crippen molar-refractivity contribution in [1.82, 2.24) is 0 Å². The summed E-state index contributed by atoms with van der Waals surface area (Å²) in [5.74, 6) is 0. The largest absolute Gasteiger partial charge is 0.0922 e. The second-order valence-corrected chi connectivity index (χ2v) is 75.7. The van der Waals surface area contributed by atoms with Crippen LogP contribution in [0.1, 0.15) is 90.0 Å². The molecule has 0 aliphatic carbocycles. The first-order chi connectivity index (χ1) is 14.4. The first-order valence-corrected chi connectivity index (χ1v) is 34.6. The van der Waals surface area contributed by atoms with Crippen molar-refractivity contribution in [3.8, 4) is 0 Å². The van der Waals surface area contributed by atoms with E-state index in [0.29, 0.717) is 20.2 Å². The second-order valence-electron chi connectivity index (χ2n) is 17.6. The highest BCUT2D eigenvalue weighted by Crippen LogP contribution is 2.59. The van der Waals surface area contributed by atoms with Crippen LogP contribution in [-0.2, 0) is 0 Å². The first kappa shape index (κ1) is 35.0. The first-order valence-electron chi connectivity index (χ1n) is 13.9. The van der Waals surface area contributed by atoms with Crippen molar-refractivity contribution in [2.75, 3.05) is 0 Å². The van der Waals surface area contributed by atoms with Gasteiger partial charge >= 0.3 is 0 Å². The van der Waals surface area contributed by atoms with Crippen molar-refractivity contribution in [1.29, 1.82) is 0 Å². The molecule has 0 saturated carbocycles. The molecular weight excluding hydrogens is 505 g/mol. The lowest BCUT2D eigenvalue weighted by atomic mass is 10.2. The van der Waals surface area contributed by atoms with Crippen LogP contribution in [0.15, 0.2) is 12.2 Å². The predicted molar refractivity (Wildman–Crippen MR) is 180 cm³/mol. The van der Waals surface area contributed by atoms with Crippen LogP contribution in [0.4, 0.5) is 0 Å². The third kappa shape index (κ3) is 5.57. The average Bonchev–Trinajstić information content (AvgIpc) is 2.53. The topological polar surface area (TPSA) is 0 Å². The molecule has 0 heterocycles. The van der Waals surface area contributed by atoms with Gasteiger partial charge in [0.1, 0.15) is 0 Å². The monoisotopic (exact) mass is 571 g/mol. The fourth-order valence-electron chi connectivity index (χ4n) is 6.19. The number of allylic oxidation sites excluding steroid dienone is 2. The Morgan fingerprint density at radius 1 is 0.500 bits per heavy atom. The third-order valence-electron chi connectivity index (χ3n) is 12.0. The summed E-state index contributed by atoms with van der Waals surface area (Å²) in [6.45, 7) is 55.5. The molecule has 6 heteroatoms. The van der Waals surface area contributed by atoms with E-state index < -0.39 is 44.3 Å². The molecule has 0 bridgehead atoms. The van der Waals surface area contributed by atoms with Crippen molar-refractivity contribution in [3.63, 3.8) is 0 Å². The van der Waals surface area contributed by atoms with Crippen molar-refractivity contribution in [3.05, 3.63) is 12.2 Å². The van der Waals surface area contributed by atoms with Crippen LogP contribution in [0.3, 0.4) is 0 Å². The van der Waals surface area contributed by atoms with Crippen LogP contribution in [0.5, 0.6) is 0 Å². The molecule has 0 aromatic carbocycles. The molecule has 0 amide bonds. The van der Waals surface area contributed by atoms with Crippen molar-refractivity contribution >= 4 is 44.3 Å². The Balaban J connectivity index is 8.51. The maximum absolute atomic E-state index is 2.91. The van der Waals surface area contributed by atoms with Gasteiger partial charge in [-0.2, -0.15) is 0 Å². The van der Waals surface area contributed by atoms with E-state index in [9.17, 15) is 0 Å². The van der Waals surface area contributed by atoms with E-state index in [1.54, 1.807) is 0 Å². The summed E-state index contributed by atoms with van der Waals surface area (Å²) in [5, 5.41) is 1.79. The molecule has 0 N–H and O–H groups in total. The Hall–Kier alpha value is 1.04. The molecule has 34 heavy (non-hydrogen) atoms. The summed E-state index contributed by atoms with van der Waals surface area (Å²) < 4.78 is 0. The Kier molecular flexibility index (Phi) is 10.3. The van der Waals surface area contributed by atoms with Gasteiger partial charge in [-0.25, -0.2) is 0 Å². The van der Waals surface area contributed by atoms with Gasteiger partial charge in [0.15, 0.2) is 0 Å². The summed E-state index contributed by atoms with van der Waals surface area (Å²) >= 11 is 0. The standard InChI is InChI=1S/C28H67Si6/c1-22-23-24-34(32(18,19)27(8,9)10,33(20,21)28(11,12)13)29(30(14,15)25(2,3)4)31(16,17)26(5,6)7/h22-23H,24H2,1-21H3/b23-22+. The normalized spacial score (nSPS) is 16.6. The lowest BCUT2D eigenvalue weighted by molar-refractivity contribution is 0.722. The molecule has 0 rings (SSSR count). The summed E-state index contributed by atoms with van der Waals surface area (Å²) in [4.78, 5) is 0. The fraction of sp³-hybridized carbons (Fsp3) is 0.929. The Morgan fingerprint density at radius 3 is 0.941 bits per heavy atom. The molecule has 0 saturated heterocycles. The highest BCUT2D eigenvalue weighted by molar-refractivity contribution is 8.04. The van der Waals surface area contributed by atoms with Crippen LogP contribution in [0.2, 0.25) is 78.6 Å². The van der Waals surface area contributed by atoms with Crippen LogP contribution in [-0.4, -0.2) is 44.3 Å². The minimum atomic E-state index is -1.75. The smallest absolute Gasteiger partial charge is 0.0416 e. The molecule has 0 aromatic heterocycles. The quantitative estimate of drug-likeness (QED) is 0.210. The Bertz CT molecular complexity index is 664. The summed E-state index contributed by atoms with van der Waals surface area (Å²) in [7, 11) is -7.02. The van der Waals surface area contributed by atoms with E-state index in [1.165, 1.54) is 6.04 Å². The second kappa shape index (κ2) is 9.97. The zero-order valence-electron chi connectivity index (χ0n) is 27.9. The van der Waals surface area contributed by atoms with Crippen LogP contribution >= 0.6 is 0 Å². The summed E-state index contributed by atoms with van der Waals surface area (Å²) in [6.07, 6.45) is 5.14. The minimum absolute atomic E-state index is 0.441. The maximum atomic E-state index is 2.91. The molecule has 0 aliphatic rings. The maximum Gasteiger partial charge on any atom is 0.0416 e. The van der Waals surface area contributed by atoms with Gasteiger partial charge in [0, 0.05) is 44.3 Å². The molecule has 0 aliphatic heterocycles. The third-order valence-corrected chi connectivity index (χ3v) is 135. The fourth-order valence-corrected chi connectivity index (χ4v) is 210. The molecule has 203 valence electrons. The van der Waals surface area contributed by atoms with Gasteiger partial charge in [0.25, 0.3) is 0 Å². The SMILES string of the molecule is C/C=C/C[Si]([Si]([Si](C)(C)C(C)(C)C)[Si](C)(C)C(C)(C)C)([Si](C)(C)C(C)(C)C)[Si](C)(C)C(C)(C)C. The number of rotatable bonds is 7. The van der Waals surface area contributed by atoms with Gasteiger partial charge in [-0.3, -0.25) is 0 Å². The highest BCUT2D eigenvalue weighted by atomic mass is 30.2. The van der Waals surface area contributed by atoms with Gasteiger partial charge in [-0.15, -0.1) is 0 Å². The number of hydrogen-bond acceptors (Lipinski definition) is 0. The summed E-state index contributed by atoms with van der Waals surface area (Å²) in [5.41, 5.74) is 0. The zero-order chi connectivity index (χ0) is 28.2. The lowest BCUT2D eigenvalue weighted by Gasteiger charge is -2.71. The van der Waals surface area contributed by atoms with Gasteiger partial charge in [0.05, 0.1) is 0 Å². The minimum Gasteiger partial charge on any atom is -0.0922 e. The van der Waals surface area contributed by atoms with E-state index in [0.717, 1.165) is 0 Å². The van der Waals surface area contributed by atoms with E-state index in [2.05, 4.69) is 155 Å². The van der Waals surface area contributed by atoms with Crippen molar-refractivity contribution < 1.29 is 0 Å². The average molecular weight is 572 g/mol. The molecule has 0 unspecified atom stereocenters. The summed E-state index contributed by atoms with van der Waals surface area (Å²) in [6, 6.07) is 1.48. The Morgan fingerprint density at radius 2 is 0.765 bits per heavy atom. The van der Waals surface area contributed by atoms with Gasteiger partial charge in [-0.05, 0) is 33.1 Å². The van der Waals surface area contributed by atoms with Crippen LogP contribution < -0.4 is 0 Å². The zero-order valence-corrected chi connectivity index (χ0v) is 33.9. The van der Waals surface area contributed by atoms with E-state index in [1.807, 2.05) is 0 Å². The van der Waals surface area contributed by atoms with Crippen molar-refractivity contribution in [2.45, 2.75) is 169 Å². The molecular formula is C28H67Si6. The number of hydrogen-bond donors (Lipinski definition) is 0. The predicted octanol–water partition coefficient (Wildman–Crippen LogP) is 10.9. The molecule has 0 atom stereocenters. The van der Waals surface area contributed by atoms with E-state index in [-0.39, 0.29) is 0 Å². The van der Waals surface area contributed by atoms with E-state index >= 15 is 0 Å². The van der Waals surface area contributed by atoms with Crippen molar-refractivity contribution in [2.24, 2.45) is 0 Å². The molecule has 0 fully saturated rings. The van der Waals surface area contributed by atoms with Gasteiger partial charge < -0.3 is 0 Å². The molecule has 0 spiro atoms. The van der Waals surface area contributed by atoms with Gasteiger partial charge in [0.2, 0.25) is 0 Å². The van der Waals surface area contributed by atoms with E-state index in [4.69, 9.17) is 0 Å². The Labute approximate surface area is 224 Å². The molecule has 0 nitrogen and oxygen atoms in total. The molecule has 1 radical (unpaired) electrons. The molecule has 0 aromatic rings. The van der Waals surface area contributed by atoms with Gasteiger partial charge in [-0.1, -0.05) is 148 Å². The van der Waals surface area contributed by atoms with Crippen LogP contribution in [0, 0.1) is 0 Å². The lowest BCUT2D eigenvalue weighted by Crippen LogP contribution is -2.94. The van der Waals surface area contributed by atoms with Crippen LogP contribution in [0.25, 0.3) is 0 Å².